The van der Waals surface area contributed by atoms with Crippen molar-refractivity contribution in [1.29, 1.82) is 0 Å². The van der Waals surface area contributed by atoms with Crippen molar-refractivity contribution in [2.75, 3.05) is 0 Å². The lowest BCUT2D eigenvalue weighted by atomic mass is 10.0. The van der Waals surface area contributed by atoms with Crippen molar-refractivity contribution in [3.8, 4) is 0 Å². The number of carbonyl (C=O) groups is 1. The second-order valence-corrected chi connectivity index (χ2v) is 5.53. The zero-order valence-electron chi connectivity index (χ0n) is 12.7. The van der Waals surface area contributed by atoms with Gasteiger partial charge in [0.15, 0.2) is 0 Å². The van der Waals surface area contributed by atoms with Crippen LogP contribution in [0.2, 0.25) is 0 Å². The van der Waals surface area contributed by atoms with E-state index in [2.05, 4.69) is 45.4 Å². The zero-order valence-corrected chi connectivity index (χ0v) is 12.7. The number of H-pyrrole nitrogens is 1. The van der Waals surface area contributed by atoms with Crippen LogP contribution in [0.25, 0.3) is 6.08 Å². The molecule has 2 aromatic heterocycles. The van der Waals surface area contributed by atoms with Crippen LogP contribution in [0, 0.1) is 6.92 Å². The van der Waals surface area contributed by atoms with Crippen molar-refractivity contribution >= 4 is 17.7 Å². The molecule has 2 aromatic rings. The van der Waals surface area contributed by atoms with Gasteiger partial charge in [-0.2, -0.15) is 5.10 Å². The highest BCUT2D eigenvalue weighted by atomic mass is 16.2. The quantitative estimate of drug-likeness (QED) is 0.851. The van der Waals surface area contributed by atoms with Gasteiger partial charge in [0, 0.05) is 23.8 Å². The van der Waals surface area contributed by atoms with Crippen molar-refractivity contribution in [1.82, 2.24) is 20.4 Å². The molecule has 0 spiro atoms. The Morgan fingerprint density at radius 2 is 2.09 bits per heavy atom. The Labute approximate surface area is 128 Å². The molecule has 0 fully saturated rings. The number of nitrogens with zero attached hydrogens (tertiary/aromatic N) is 3. The van der Waals surface area contributed by atoms with E-state index in [1.807, 2.05) is 13.0 Å². The molecule has 0 radical (unpaired) electrons. The van der Waals surface area contributed by atoms with Gasteiger partial charge in [-0.25, -0.2) is 5.43 Å². The number of carbonyl (C=O) groups excluding carboxylic acids is 1. The Morgan fingerprint density at radius 3 is 2.77 bits per heavy atom. The summed E-state index contributed by atoms with van der Waals surface area (Å²) >= 11 is 0. The lowest BCUT2D eigenvalue weighted by Crippen LogP contribution is -2.14. The summed E-state index contributed by atoms with van der Waals surface area (Å²) < 4.78 is 0. The lowest BCUT2D eigenvalue weighted by molar-refractivity contribution is -0.116. The number of hydrazone groups is 1. The summed E-state index contributed by atoms with van der Waals surface area (Å²) in [6.07, 6.45) is 6.59. The smallest absolute Gasteiger partial charge is 0.273 e. The SMILES string of the molecule is Cc1cc(C(C)C)c(/C=C2/C(=O)NN=C2c2cnccn2)[nH]1. The Hall–Kier alpha value is -2.76. The summed E-state index contributed by atoms with van der Waals surface area (Å²) in [5, 5.41) is 4.08. The highest BCUT2D eigenvalue weighted by Gasteiger charge is 2.25. The molecule has 2 N–H and O–H groups in total. The van der Waals surface area contributed by atoms with Crippen molar-refractivity contribution in [2.24, 2.45) is 5.10 Å². The van der Waals surface area contributed by atoms with Crippen molar-refractivity contribution in [2.45, 2.75) is 26.7 Å². The van der Waals surface area contributed by atoms with E-state index in [9.17, 15) is 4.79 Å². The number of nitrogens with one attached hydrogen (secondary N) is 2. The number of hydrogen-bond acceptors (Lipinski definition) is 4. The normalized spacial score (nSPS) is 16.3. The van der Waals surface area contributed by atoms with Gasteiger partial charge in [0.25, 0.3) is 5.91 Å². The molecule has 112 valence electrons. The Morgan fingerprint density at radius 1 is 1.27 bits per heavy atom. The summed E-state index contributed by atoms with van der Waals surface area (Å²) in [7, 11) is 0. The van der Waals surface area contributed by atoms with Crippen molar-refractivity contribution in [3.05, 3.63) is 52.9 Å². The Kier molecular flexibility index (Phi) is 3.58. The molecule has 0 aromatic carbocycles. The predicted molar refractivity (Wildman–Crippen MR) is 84.3 cm³/mol. The van der Waals surface area contributed by atoms with Gasteiger partial charge >= 0.3 is 0 Å². The Balaban J connectivity index is 2.06. The van der Waals surface area contributed by atoms with Gasteiger partial charge in [0.05, 0.1) is 11.8 Å². The van der Waals surface area contributed by atoms with Gasteiger partial charge in [-0.3, -0.25) is 14.8 Å². The van der Waals surface area contributed by atoms with E-state index in [-0.39, 0.29) is 5.91 Å². The van der Waals surface area contributed by atoms with Crippen LogP contribution in [0.3, 0.4) is 0 Å². The van der Waals surface area contributed by atoms with Gasteiger partial charge < -0.3 is 4.98 Å². The summed E-state index contributed by atoms with van der Waals surface area (Å²) in [5.41, 5.74) is 7.23. The average molecular weight is 295 g/mol. The maximum atomic E-state index is 12.1. The first-order chi connectivity index (χ1) is 10.6. The first-order valence-corrected chi connectivity index (χ1v) is 7.12. The molecule has 0 atom stereocenters. The molecule has 1 amide bonds. The summed E-state index contributed by atoms with van der Waals surface area (Å²) in [6, 6.07) is 2.10. The first kappa shape index (κ1) is 14.2. The van der Waals surface area contributed by atoms with Crippen LogP contribution in [0.5, 0.6) is 0 Å². The molecular formula is C16H17N5O. The second kappa shape index (κ2) is 5.55. The topological polar surface area (TPSA) is 83.0 Å². The van der Waals surface area contributed by atoms with E-state index in [1.165, 1.54) is 5.56 Å². The fourth-order valence-electron chi connectivity index (χ4n) is 2.46. The number of aromatic nitrogens is 3. The molecule has 0 saturated heterocycles. The van der Waals surface area contributed by atoms with Gasteiger partial charge in [0.2, 0.25) is 0 Å². The molecule has 0 unspecified atom stereocenters. The number of aromatic amines is 1. The summed E-state index contributed by atoms with van der Waals surface area (Å²) in [4.78, 5) is 23.6. The predicted octanol–water partition coefficient (Wildman–Crippen LogP) is 2.15. The highest BCUT2D eigenvalue weighted by molar-refractivity contribution is 6.32. The molecule has 0 aliphatic carbocycles. The molecule has 3 heterocycles. The van der Waals surface area contributed by atoms with E-state index in [1.54, 1.807) is 18.6 Å². The molecule has 1 aliphatic rings. The molecule has 6 nitrogen and oxygen atoms in total. The first-order valence-electron chi connectivity index (χ1n) is 7.12. The summed E-state index contributed by atoms with van der Waals surface area (Å²) in [5.74, 6) is 0.126. The largest absolute Gasteiger partial charge is 0.359 e. The van der Waals surface area contributed by atoms with Crippen LogP contribution in [-0.2, 0) is 4.79 Å². The van der Waals surface area contributed by atoms with E-state index in [0.717, 1.165) is 11.4 Å². The van der Waals surface area contributed by atoms with Crippen LogP contribution in [0.4, 0.5) is 0 Å². The molecular weight excluding hydrogens is 278 g/mol. The van der Waals surface area contributed by atoms with E-state index >= 15 is 0 Å². The monoisotopic (exact) mass is 295 g/mol. The molecule has 6 heteroatoms. The second-order valence-electron chi connectivity index (χ2n) is 5.53. The standard InChI is InChI=1S/C16H17N5O/c1-9(2)11-6-10(3)19-13(11)7-12-15(20-21-16(12)22)14-8-17-4-5-18-14/h4-9,19H,1-3H3,(H,21,22)/b12-7+. The van der Waals surface area contributed by atoms with Gasteiger partial charge in [-0.15, -0.1) is 0 Å². The van der Waals surface area contributed by atoms with E-state index in [4.69, 9.17) is 0 Å². The number of aryl methyl sites for hydroxylation is 1. The molecule has 3 rings (SSSR count). The minimum absolute atomic E-state index is 0.234. The molecule has 0 bridgehead atoms. The fraction of sp³-hybridized carbons (Fsp3) is 0.250. The maximum absolute atomic E-state index is 12.1. The lowest BCUT2D eigenvalue weighted by Gasteiger charge is -2.05. The van der Waals surface area contributed by atoms with Crippen LogP contribution < -0.4 is 5.43 Å². The van der Waals surface area contributed by atoms with Crippen molar-refractivity contribution < 1.29 is 4.79 Å². The van der Waals surface area contributed by atoms with Crippen LogP contribution in [0.15, 0.2) is 35.3 Å². The molecule has 22 heavy (non-hydrogen) atoms. The number of hydrogen-bond donors (Lipinski definition) is 2. The van der Waals surface area contributed by atoms with E-state index < -0.39 is 0 Å². The summed E-state index contributed by atoms with van der Waals surface area (Å²) in [6.45, 7) is 6.24. The van der Waals surface area contributed by atoms with Gasteiger partial charge in [-0.05, 0) is 30.5 Å². The van der Waals surface area contributed by atoms with Crippen molar-refractivity contribution in [3.63, 3.8) is 0 Å². The Bertz CT molecular complexity index is 771. The third kappa shape index (κ3) is 2.55. The third-order valence-corrected chi connectivity index (χ3v) is 3.50. The number of amides is 1. The zero-order chi connectivity index (χ0) is 15.7. The minimum atomic E-state index is -0.234. The third-order valence-electron chi connectivity index (χ3n) is 3.50. The molecule has 0 saturated carbocycles. The highest BCUT2D eigenvalue weighted by Crippen LogP contribution is 2.24. The van der Waals surface area contributed by atoms with Crippen LogP contribution in [-0.4, -0.2) is 26.6 Å². The maximum Gasteiger partial charge on any atom is 0.273 e. The van der Waals surface area contributed by atoms with E-state index in [0.29, 0.717) is 22.9 Å². The average Bonchev–Trinajstić information content (AvgIpc) is 3.04. The van der Waals surface area contributed by atoms with Crippen LogP contribution >= 0.6 is 0 Å². The van der Waals surface area contributed by atoms with Crippen LogP contribution in [0.1, 0.15) is 42.4 Å². The van der Waals surface area contributed by atoms with Gasteiger partial charge in [0.1, 0.15) is 11.4 Å². The number of rotatable bonds is 3. The van der Waals surface area contributed by atoms with Gasteiger partial charge in [-0.1, -0.05) is 13.8 Å². The minimum Gasteiger partial charge on any atom is -0.359 e. The fourth-order valence-corrected chi connectivity index (χ4v) is 2.46. The molecule has 1 aliphatic heterocycles.